The molecule has 3 nitrogen and oxygen atoms in total. The van der Waals surface area contributed by atoms with E-state index in [4.69, 9.17) is 4.74 Å². The van der Waals surface area contributed by atoms with Gasteiger partial charge >= 0.3 is 6.18 Å². The third-order valence-electron chi connectivity index (χ3n) is 2.56. The topological polar surface area (TPSA) is 38.7 Å². The molecule has 96 valence electrons. The van der Waals surface area contributed by atoms with Gasteiger partial charge in [-0.1, -0.05) is 0 Å². The maximum atomic E-state index is 11.7. The maximum Gasteiger partial charge on any atom is 0.411 e. The van der Waals surface area contributed by atoms with E-state index in [0.717, 1.165) is 12.8 Å². The molecule has 0 aromatic rings. The Labute approximate surface area is 92.5 Å². The molecule has 0 aliphatic carbocycles. The summed E-state index contributed by atoms with van der Waals surface area (Å²) in [5.41, 5.74) is 0. The highest BCUT2D eigenvalue weighted by Crippen LogP contribution is 2.20. The molecule has 1 heterocycles. The number of ether oxygens (including phenoxy) is 2. The highest BCUT2D eigenvalue weighted by atomic mass is 19.4. The molecule has 1 saturated heterocycles. The summed E-state index contributed by atoms with van der Waals surface area (Å²) in [5.74, 6) is 0.0308. The number of alkyl halides is 3. The zero-order valence-corrected chi connectivity index (χ0v) is 9.00. The molecule has 2 atom stereocenters. The van der Waals surface area contributed by atoms with Crippen LogP contribution in [-0.2, 0) is 9.47 Å². The number of aliphatic hydroxyl groups excluding tert-OH is 1. The van der Waals surface area contributed by atoms with Crippen LogP contribution >= 0.6 is 0 Å². The largest absolute Gasteiger partial charge is 0.411 e. The Bertz CT molecular complexity index is 190. The molecule has 0 bridgehead atoms. The van der Waals surface area contributed by atoms with Gasteiger partial charge in [-0.15, -0.1) is 0 Å². The van der Waals surface area contributed by atoms with Gasteiger partial charge in [-0.3, -0.25) is 0 Å². The Balaban J connectivity index is 2.07. The third kappa shape index (κ3) is 5.67. The summed E-state index contributed by atoms with van der Waals surface area (Å²) in [5, 5.41) is 9.66. The molecular weight excluding hydrogens is 225 g/mol. The lowest BCUT2D eigenvalue weighted by atomic mass is 9.94. The molecule has 1 rings (SSSR count). The van der Waals surface area contributed by atoms with E-state index in [1.54, 1.807) is 0 Å². The molecule has 16 heavy (non-hydrogen) atoms. The minimum atomic E-state index is -4.29. The zero-order chi connectivity index (χ0) is 12.0. The maximum absolute atomic E-state index is 11.7. The fourth-order valence-electron chi connectivity index (χ4n) is 1.70. The van der Waals surface area contributed by atoms with Crippen molar-refractivity contribution in [2.75, 3.05) is 26.4 Å². The summed E-state index contributed by atoms with van der Waals surface area (Å²) in [6.07, 6.45) is -2.94. The Kier molecular flexibility index (Phi) is 5.51. The van der Waals surface area contributed by atoms with Crippen molar-refractivity contribution in [3.05, 3.63) is 0 Å². The van der Waals surface area contributed by atoms with Gasteiger partial charge in [0.2, 0.25) is 0 Å². The third-order valence-corrected chi connectivity index (χ3v) is 2.56. The van der Waals surface area contributed by atoms with Gasteiger partial charge in [-0.2, -0.15) is 13.2 Å². The van der Waals surface area contributed by atoms with Gasteiger partial charge < -0.3 is 14.6 Å². The van der Waals surface area contributed by atoms with Crippen molar-refractivity contribution < 1.29 is 27.8 Å². The second-order valence-corrected chi connectivity index (χ2v) is 4.00. The van der Waals surface area contributed by atoms with E-state index in [2.05, 4.69) is 4.74 Å². The molecule has 0 aromatic heterocycles. The first-order valence-corrected chi connectivity index (χ1v) is 5.39. The molecule has 0 aromatic carbocycles. The van der Waals surface area contributed by atoms with Crippen molar-refractivity contribution in [1.82, 2.24) is 0 Å². The second kappa shape index (κ2) is 6.42. The van der Waals surface area contributed by atoms with Crippen molar-refractivity contribution in [2.45, 2.75) is 31.5 Å². The number of halogens is 3. The SMILES string of the molecule is OC(CCOCC(F)(F)F)C1CCCOC1. The molecule has 1 aliphatic rings. The number of hydrogen-bond donors (Lipinski definition) is 1. The number of aliphatic hydroxyl groups is 1. The van der Waals surface area contributed by atoms with Crippen LogP contribution in [-0.4, -0.2) is 43.8 Å². The van der Waals surface area contributed by atoms with Crippen molar-refractivity contribution in [2.24, 2.45) is 5.92 Å². The molecular formula is C10H17F3O3. The van der Waals surface area contributed by atoms with Crippen LogP contribution in [0.3, 0.4) is 0 Å². The van der Waals surface area contributed by atoms with Crippen LogP contribution in [0.5, 0.6) is 0 Å². The lowest BCUT2D eigenvalue weighted by Crippen LogP contribution is -2.30. The van der Waals surface area contributed by atoms with Gasteiger partial charge in [-0.25, -0.2) is 0 Å². The average Bonchev–Trinajstić information content (AvgIpc) is 2.24. The Hall–Kier alpha value is -0.330. The van der Waals surface area contributed by atoms with Crippen LogP contribution < -0.4 is 0 Å². The normalized spacial score (nSPS) is 24.4. The van der Waals surface area contributed by atoms with Crippen LogP contribution in [0.2, 0.25) is 0 Å². The van der Waals surface area contributed by atoms with E-state index < -0.39 is 18.9 Å². The summed E-state index contributed by atoms with van der Waals surface area (Å²) < 4.78 is 44.8. The Morgan fingerprint density at radius 2 is 2.19 bits per heavy atom. The van der Waals surface area contributed by atoms with Gasteiger partial charge in [0, 0.05) is 19.1 Å². The summed E-state index contributed by atoms with van der Waals surface area (Å²) in [6, 6.07) is 0. The molecule has 0 radical (unpaired) electrons. The van der Waals surface area contributed by atoms with Crippen LogP contribution in [0.4, 0.5) is 13.2 Å². The molecule has 0 saturated carbocycles. The highest BCUT2D eigenvalue weighted by Gasteiger charge is 2.28. The molecule has 1 aliphatic heterocycles. The molecule has 0 amide bonds. The van der Waals surface area contributed by atoms with Crippen LogP contribution in [0.25, 0.3) is 0 Å². The van der Waals surface area contributed by atoms with Crippen molar-refractivity contribution in [1.29, 1.82) is 0 Å². The van der Waals surface area contributed by atoms with Crippen molar-refractivity contribution in [3.63, 3.8) is 0 Å². The predicted molar refractivity (Wildman–Crippen MR) is 51.0 cm³/mol. The minimum Gasteiger partial charge on any atom is -0.393 e. The lowest BCUT2D eigenvalue weighted by Gasteiger charge is -2.26. The molecule has 1 fully saturated rings. The summed E-state index contributed by atoms with van der Waals surface area (Å²) in [4.78, 5) is 0. The van der Waals surface area contributed by atoms with Crippen molar-refractivity contribution >= 4 is 0 Å². The van der Waals surface area contributed by atoms with E-state index >= 15 is 0 Å². The number of rotatable bonds is 5. The van der Waals surface area contributed by atoms with Gasteiger partial charge in [0.25, 0.3) is 0 Å². The molecule has 1 N–H and O–H groups in total. The summed E-state index contributed by atoms with van der Waals surface area (Å²) >= 11 is 0. The Morgan fingerprint density at radius 1 is 1.44 bits per heavy atom. The number of hydrogen-bond acceptors (Lipinski definition) is 3. The molecule has 0 spiro atoms. The first-order chi connectivity index (χ1) is 7.49. The van der Waals surface area contributed by atoms with E-state index in [0.29, 0.717) is 13.2 Å². The second-order valence-electron chi connectivity index (χ2n) is 4.00. The summed E-state index contributed by atoms with van der Waals surface area (Å²) in [7, 11) is 0. The van der Waals surface area contributed by atoms with Gasteiger partial charge in [0.1, 0.15) is 6.61 Å². The fourth-order valence-corrected chi connectivity index (χ4v) is 1.70. The van der Waals surface area contributed by atoms with Crippen LogP contribution in [0.15, 0.2) is 0 Å². The van der Waals surface area contributed by atoms with Gasteiger partial charge in [0.05, 0.1) is 12.7 Å². The first kappa shape index (κ1) is 13.7. The quantitative estimate of drug-likeness (QED) is 0.746. The molecule has 6 heteroatoms. The highest BCUT2D eigenvalue weighted by molar-refractivity contribution is 4.71. The fraction of sp³-hybridized carbons (Fsp3) is 1.00. The molecule has 2 unspecified atom stereocenters. The Morgan fingerprint density at radius 3 is 2.75 bits per heavy atom. The van der Waals surface area contributed by atoms with Gasteiger partial charge in [-0.05, 0) is 19.3 Å². The van der Waals surface area contributed by atoms with Crippen molar-refractivity contribution in [3.8, 4) is 0 Å². The average molecular weight is 242 g/mol. The smallest absolute Gasteiger partial charge is 0.393 e. The van der Waals surface area contributed by atoms with Gasteiger partial charge in [0.15, 0.2) is 0 Å². The lowest BCUT2D eigenvalue weighted by molar-refractivity contribution is -0.175. The minimum absolute atomic E-state index is 0.0308. The van der Waals surface area contributed by atoms with E-state index in [9.17, 15) is 18.3 Å². The standard InChI is InChI=1S/C10H17F3O3/c11-10(12,13)7-16-5-3-9(14)8-2-1-4-15-6-8/h8-9,14H,1-7H2. The van der Waals surface area contributed by atoms with Crippen LogP contribution in [0.1, 0.15) is 19.3 Å². The van der Waals surface area contributed by atoms with E-state index in [-0.39, 0.29) is 18.9 Å². The first-order valence-electron chi connectivity index (χ1n) is 5.39. The van der Waals surface area contributed by atoms with E-state index in [1.165, 1.54) is 0 Å². The van der Waals surface area contributed by atoms with Crippen LogP contribution in [0, 0.1) is 5.92 Å². The predicted octanol–water partition coefficient (Wildman–Crippen LogP) is 1.74. The zero-order valence-electron chi connectivity index (χ0n) is 9.00. The van der Waals surface area contributed by atoms with E-state index in [1.807, 2.05) is 0 Å². The monoisotopic (exact) mass is 242 g/mol. The summed E-state index contributed by atoms with van der Waals surface area (Å²) in [6.45, 7) is -0.133.